The molecular formula is C24H32O5. The lowest BCUT2D eigenvalue weighted by molar-refractivity contribution is -0.152. The smallest absolute Gasteiger partial charge is 0.302 e. The van der Waals surface area contributed by atoms with Crippen molar-refractivity contribution in [1.29, 1.82) is 0 Å². The van der Waals surface area contributed by atoms with Crippen LogP contribution in [0.3, 0.4) is 0 Å². The van der Waals surface area contributed by atoms with Gasteiger partial charge in [-0.25, -0.2) is 0 Å². The number of allylic oxidation sites excluding steroid dienone is 2. The summed E-state index contributed by atoms with van der Waals surface area (Å²) in [6, 6.07) is 6.03. The Hall–Kier alpha value is -2.27. The molecule has 0 amide bonds. The Bertz CT molecular complexity index is 756. The molecule has 29 heavy (non-hydrogen) atoms. The van der Waals surface area contributed by atoms with Crippen LogP contribution in [0.2, 0.25) is 0 Å². The largest absolute Gasteiger partial charge is 0.493 e. The highest BCUT2D eigenvalue weighted by Crippen LogP contribution is 2.53. The van der Waals surface area contributed by atoms with Gasteiger partial charge < -0.3 is 18.9 Å². The summed E-state index contributed by atoms with van der Waals surface area (Å²) in [4.78, 5) is 11.7. The SMILES string of the molecule is C=C[C@@H]1C[C@H](Cc2ccc(OC)c(OCOC)c2)[C@@H]2[C@H]1C(=C)CC[C@@H]2OC(C)=O. The van der Waals surface area contributed by atoms with Crippen LogP contribution in [0.25, 0.3) is 0 Å². The second-order valence-corrected chi connectivity index (χ2v) is 8.08. The Kier molecular flexibility index (Phi) is 7.01. The van der Waals surface area contributed by atoms with Gasteiger partial charge >= 0.3 is 5.97 Å². The fraction of sp³-hybridized carbons (Fsp3) is 0.542. The van der Waals surface area contributed by atoms with Crippen molar-refractivity contribution in [2.24, 2.45) is 23.7 Å². The minimum absolute atomic E-state index is 0.0552. The summed E-state index contributed by atoms with van der Waals surface area (Å²) in [6.45, 7) is 10.1. The highest BCUT2D eigenvalue weighted by molar-refractivity contribution is 5.66. The average molecular weight is 401 g/mol. The number of carbonyl (C=O) groups excluding carboxylic acids is 1. The molecule has 0 spiro atoms. The topological polar surface area (TPSA) is 54.0 Å². The zero-order valence-electron chi connectivity index (χ0n) is 17.7. The van der Waals surface area contributed by atoms with Crippen LogP contribution in [0.5, 0.6) is 11.5 Å². The molecule has 0 radical (unpaired) electrons. The Morgan fingerprint density at radius 1 is 1.28 bits per heavy atom. The molecule has 1 aromatic carbocycles. The number of fused-ring (bicyclic) bond motifs is 1. The van der Waals surface area contributed by atoms with Gasteiger partial charge in [-0.1, -0.05) is 24.3 Å². The molecule has 0 aromatic heterocycles. The Labute approximate surface area is 173 Å². The Balaban J connectivity index is 1.85. The maximum atomic E-state index is 11.7. The number of benzene rings is 1. The van der Waals surface area contributed by atoms with E-state index in [0.29, 0.717) is 29.3 Å². The molecule has 5 heteroatoms. The molecule has 5 atom stereocenters. The van der Waals surface area contributed by atoms with Gasteiger partial charge in [0.15, 0.2) is 18.3 Å². The van der Waals surface area contributed by atoms with E-state index in [1.165, 1.54) is 18.1 Å². The molecule has 5 nitrogen and oxygen atoms in total. The highest BCUT2D eigenvalue weighted by atomic mass is 16.7. The van der Waals surface area contributed by atoms with Gasteiger partial charge in [-0.2, -0.15) is 0 Å². The average Bonchev–Trinajstić information content (AvgIpc) is 3.08. The fourth-order valence-electron chi connectivity index (χ4n) is 5.23. The van der Waals surface area contributed by atoms with Crippen LogP contribution in [0.15, 0.2) is 43.0 Å². The van der Waals surface area contributed by atoms with Crippen molar-refractivity contribution in [3.05, 3.63) is 48.6 Å². The zero-order valence-corrected chi connectivity index (χ0v) is 17.7. The minimum atomic E-state index is -0.207. The first-order valence-corrected chi connectivity index (χ1v) is 10.2. The number of hydrogen-bond donors (Lipinski definition) is 0. The summed E-state index contributed by atoms with van der Waals surface area (Å²) in [5.74, 6) is 2.51. The van der Waals surface area contributed by atoms with Crippen LogP contribution in [0.4, 0.5) is 0 Å². The van der Waals surface area contributed by atoms with Crippen LogP contribution in [-0.4, -0.2) is 33.1 Å². The first-order valence-electron chi connectivity index (χ1n) is 10.2. The van der Waals surface area contributed by atoms with Gasteiger partial charge in [0.05, 0.1) is 7.11 Å². The molecule has 2 aliphatic carbocycles. The van der Waals surface area contributed by atoms with Crippen molar-refractivity contribution in [2.75, 3.05) is 21.0 Å². The van der Waals surface area contributed by atoms with Crippen molar-refractivity contribution in [1.82, 2.24) is 0 Å². The molecule has 1 aromatic rings. The van der Waals surface area contributed by atoms with Gasteiger partial charge in [0.1, 0.15) is 6.10 Å². The summed E-state index contributed by atoms with van der Waals surface area (Å²) >= 11 is 0. The van der Waals surface area contributed by atoms with E-state index in [-0.39, 0.29) is 24.8 Å². The molecule has 0 aliphatic heterocycles. The summed E-state index contributed by atoms with van der Waals surface area (Å²) in [5, 5.41) is 0. The van der Waals surface area contributed by atoms with Gasteiger partial charge in [0, 0.05) is 20.0 Å². The van der Waals surface area contributed by atoms with E-state index in [4.69, 9.17) is 18.9 Å². The Morgan fingerprint density at radius 3 is 2.72 bits per heavy atom. The predicted octanol–water partition coefficient (Wildman–Crippen LogP) is 4.56. The quantitative estimate of drug-likeness (QED) is 0.364. The predicted molar refractivity (Wildman–Crippen MR) is 112 cm³/mol. The second kappa shape index (κ2) is 9.49. The van der Waals surface area contributed by atoms with Crippen LogP contribution in [-0.2, 0) is 20.7 Å². The number of carbonyl (C=O) groups is 1. The molecule has 0 saturated heterocycles. The summed E-state index contributed by atoms with van der Waals surface area (Å²) in [6.07, 6.45) is 5.67. The molecule has 2 aliphatic rings. The maximum absolute atomic E-state index is 11.7. The van der Waals surface area contributed by atoms with Gasteiger partial charge in [0.25, 0.3) is 0 Å². The van der Waals surface area contributed by atoms with E-state index in [1.54, 1.807) is 14.2 Å². The third kappa shape index (κ3) is 4.67. The van der Waals surface area contributed by atoms with Gasteiger partial charge in [-0.15, -0.1) is 6.58 Å². The third-order valence-corrected chi connectivity index (χ3v) is 6.32. The molecule has 0 bridgehead atoms. The normalized spacial score (nSPS) is 28.5. The van der Waals surface area contributed by atoms with E-state index in [2.05, 4.69) is 25.3 Å². The van der Waals surface area contributed by atoms with Crippen LogP contribution < -0.4 is 9.47 Å². The van der Waals surface area contributed by atoms with Crippen molar-refractivity contribution in [3.63, 3.8) is 0 Å². The van der Waals surface area contributed by atoms with E-state index in [0.717, 1.165) is 25.7 Å². The Morgan fingerprint density at radius 2 is 2.07 bits per heavy atom. The summed E-state index contributed by atoms with van der Waals surface area (Å²) < 4.78 is 21.9. The highest BCUT2D eigenvalue weighted by Gasteiger charge is 2.49. The number of ether oxygens (including phenoxy) is 4. The van der Waals surface area contributed by atoms with E-state index < -0.39 is 0 Å². The van der Waals surface area contributed by atoms with Gasteiger partial charge in [-0.3, -0.25) is 4.79 Å². The van der Waals surface area contributed by atoms with Gasteiger partial charge in [0.2, 0.25) is 0 Å². The minimum Gasteiger partial charge on any atom is -0.493 e. The standard InChI is InChI=1S/C24H32O5/c1-6-18-13-19(24-21(29-16(3)25)9-7-15(2)23(18)24)11-17-8-10-20(27-5)22(12-17)28-14-26-4/h6,8,10,12,18-19,21,23-24H,1-2,7,9,11,13-14H2,3-5H3/t18-,19+,21+,23+,24+/m1/s1. The number of rotatable bonds is 8. The lowest BCUT2D eigenvalue weighted by atomic mass is 9.70. The van der Waals surface area contributed by atoms with Crippen molar-refractivity contribution in [2.45, 2.75) is 38.7 Å². The van der Waals surface area contributed by atoms with Crippen molar-refractivity contribution >= 4 is 5.97 Å². The van der Waals surface area contributed by atoms with E-state index in [9.17, 15) is 4.79 Å². The van der Waals surface area contributed by atoms with Gasteiger partial charge in [-0.05, 0) is 61.1 Å². The monoisotopic (exact) mass is 400 g/mol. The first-order chi connectivity index (χ1) is 14.0. The number of methoxy groups -OCH3 is 2. The molecule has 2 fully saturated rings. The molecule has 158 valence electrons. The lowest BCUT2D eigenvalue weighted by Gasteiger charge is -2.38. The fourth-order valence-corrected chi connectivity index (χ4v) is 5.23. The molecule has 3 rings (SSSR count). The molecule has 2 saturated carbocycles. The number of esters is 1. The van der Waals surface area contributed by atoms with Crippen molar-refractivity contribution < 1.29 is 23.7 Å². The number of hydrogen-bond acceptors (Lipinski definition) is 5. The molecular weight excluding hydrogens is 368 g/mol. The van der Waals surface area contributed by atoms with E-state index >= 15 is 0 Å². The zero-order chi connectivity index (χ0) is 21.0. The van der Waals surface area contributed by atoms with Crippen molar-refractivity contribution in [3.8, 4) is 11.5 Å². The van der Waals surface area contributed by atoms with Crippen LogP contribution >= 0.6 is 0 Å². The van der Waals surface area contributed by atoms with E-state index in [1.807, 2.05) is 12.1 Å². The maximum Gasteiger partial charge on any atom is 0.302 e. The van der Waals surface area contributed by atoms with Crippen LogP contribution in [0.1, 0.15) is 31.7 Å². The molecule has 0 unspecified atom stereocenters. The molecule has 0 heterocycles. The second-order valence-electron chi connectivity index (χ2n) is 8.08. The third-order valence-electron chi connectivity index (χ3n) is 6.32. The first kappa shape index (κ1) is 21.4. The lowest BCUT2D eigenvalue weighted by Crippen LogP contribution is -2.38. The summed E-state index contributed by atoms with van der Waals surface area (Å²) in [7, 11) is 3.22. The summed E-state index contributed by atoms with van der Waals surface area (Å²) in [5.41, 5.74) is 2.44. The molecule has 0 N–H and O–H groups in total. The van der Waals surface area contributed by atoms with Crippen LogP contribution in [0, 0.1) is 23.7 Å².